The molecule has 0 saturated carbocycles. The maximum absolute atomic E-state index is 13.0. The first kappa shape index (κ1) is 20.5. The second-order valence-corrected chi connectivity index (χ2v) is 9.29. The van der Waals surface area contributed by atoms with Crippen molar-refractivity contribution in [2.75, 3.05) is 21.3 Å². The van der Waals surface area contributed by atoms with Crippen LogP contribution in [0, 0.1) is 0 Å². The molecule has 3 aromatic carbocycles. The van der Waals surface area contributed by atoms with Crippen LogP contribution in [-0.2, 0) is 13.1 Å². The third-order valence-electron chi connectivity index (χ3n) is 5.01. The first-order valence-corrected chi connectivity index (χ1v) is 11.3. The molecule has 0 amide bonds. The molecule has 0 atom stereocenters. The molecule has 0 spiro atoms. The zero-order chi connectivity index (χ0) is 21.1. The average Bonchev–Trinajstić information content (AvgIpc) is 3.09. The molecule has 1 heterocycles. The SMILES string of the molecule is COc1cc2[se]n(-c3ccc(CN(C)Cc4ccccc4)cc3)c(=O)c2cc1OC. The first-order chi connectivity index (χ1) is 14.6. The fourth-order valence-electron chi connectivity index (χ4n) is 3.52. The number of ether oxygens (including phenoxy) is 2. The van der Waals surface area contributed by atoms with E-state index < -0.39 is 0 Å². The van der Waals surface area contributed by atoms with Crippen LogP contribution in [0.5, 0.6) is 11.5 Å². The molecule has 0 aliphatic carbocycles. The molecular formula is C24H24N2O3Se. The van der Waals surface area contributed by atoms with E-state index in [4.69, 9.17) is 9.47 Å². The van der Waals surface area contributed by atoms with Crippen LogP contribution in [-0.4, -0.2) is 44.5 Å². The fraction of sp³-hybridized carbons (Fsp3) is 0.208. The van der Waals surface area contributed by atoms with E-state index in [1.165, 1.54) is 11.1 Å². The summed E-state index contributed by atoms with van der Waals surface area (Å²) in [7, 11) is 5.31. The van der Waals surface area contributed by atoms with Crippen molar-refractivity contribution >= 4 is 24.4 Å². The van der Waals surface area contributed by atoms with Gasteiger partial charge in [0.05, 0.1) is 0 Å². The fourth-order valence-corrected chi connectivity index (χ4v) is 5.64. The second-order valence-electron chi connectivity index (χ2n) is 7.22. The van der Waals surface area contributed by atoms with Crippen molar-refractivity contribution in [3.63, 3.8) is 0 Å². The van der Waals surface area contributed by atoms with Crippen molar-refractivity contribution in [1.29, 1.82) is 0 Å². The summed E-state index contributed by atoms with van der Waals surface area (Å²) in [4.78, 5) is 15.2. The standard InChI is InChI=1S/C24H24N2O3Se/c1-25(15-17-7-5-4-6-8-17)16-18-9-11-19(12-10-18)26-24(27)20-13-21(28-2)22(29-3)14-23(20)30-26/h4-14H,15-16H2,1-3H3. The van der Waals surface area contributed by atoms with Crippen LogP contribution < -0.4 is 15.0 Å². The summed E-state index contributed by atoms with van der Waals surface area (Å²) in [5, 5.41) is 0.694. The molecule has 0 unspecified atom stereocenters. The number of benzene rings is 3. The second kappa shape index (κ2) is 8.92. The zero-order valence-corrected chi connectivity index (χ0v) is 19.0. The van der Waals surface area contributed by atoms with Crippen molar-refractivity contribution in [2.45, 2.75) is 13.1 Å². The van der Waals surface area contributed by atoms with Crippen LogP contribution in [0.15, 0.2) is 71.5 Å². The van der Waals surface area contributed by atoms with Gasteiger partial charge in [0.15, 0.2) is 0 Å². The molecule has 0 fully saturated rings. The van der Waals surface area contributed by atoms with E-state index in [-0.39, 0.29) is 20.3 Å². The van der Waals surface area contributed by atoms with Gasteiger partial charge in [0.2, 0.25) is 0 Å². The first-order valence-electron chi connectivity index (χ1n) is 9.69. The summed E-state index contributed by atoms with van der Waals surface area (Å²) >= 11 is -0.127. The minimum absolute atomic E-state index is 0.0138. The summed E-state index contributed by atoms with van der Waals surface area (Å²) in [6, 6.07) is 22.4. The number of hydrogen-bond donors (Lipinski definition) is 0. The van der Waals surface area contributed by atoms with Crippen LogP contribution in [0.3, 0.4) is 0 Å². The molecule has 5 nitrogen and oxygen atoms in total. The molecule has 1 aromatic heterocycles. The monoisotopic (exact) mass is 468 g/mol. The normalized spacial score (nSPS) is 11.2. The van der Waals surface area contributed by atoms with E-state index in [1.807, 2.05) is 27.8 Å². The van der Waals surface area contributed by atoms with Crippen LogP contribution in [0.2, 0.25) is 0 Å². The van der Waals surface area contributed by atoms with Crippen LogP contribution >= 0.6 is 0 Å². The number of methoxy groups -OCH3 is 2. The van der Waals surface area contributed by atoms with Gasteiger partial charge < -0.3 is 0 Å². The Morgan fingerprint density at radius 2 is 1.47 bits per heavy atom. The zero-order valence-electron chi connectivity index (χ0n) is 17.3. The molecule has 0 N–H and O–H groups in total. The van der Waals surface area contributed by atoms with Gasteiger partial charge in [-0.25, -0.2) is 0 Å². The molecule has 0 radical (unpaired) electrons. The van der Waals surface area contributed by atoms with E-state index in [0.29, 0.717) is 16.9 Å². The minimum atomic E-state index is -0.127. The van der Waals surface area contributed by atoms with Crippen molar-refractivity contribution in [1.82, 2.24) is 8.46 Å². The molecule has 6 heteroatoms. The average molecular weight is 467 g/mol. The maximum atomic E-state index is 13.0. The number of hydrogen-bond acceptors (Lipinski definition) is 4. The Labute approximate surface area is 182 Å². The quantitative estimate of drug-likeness (QED) is 0.389. The van der Waals surface area contributed by atoms with Gasteiger partial charge in [-0.1, -0.05) is 0 Å². The summed E-state index contributed by atoms with van der Waals surface area (Å²) < 4.78 is 13.6. The third kappa shape index (κ3) is 4.21. The summed E-state index contributed by atoms with van der Waals surface area (Å²) in [6.45, 7) is 1.75. The van der Waals surface area contributed by atoms with Gasteiger partial charge in [0.1, 0.15) is 0 Å². The predicted octanol–water partition coefficient (Wildman–Crippen LogP) is 3.70. The van der Waals surface area contributed by atoms with Crippen molar-refractivity contribution in [3.05, 3.63) is 88.2 Å². The Morgan fingerprint density at radius 3 is 2.10 bits per heavy atom. The Morgan fingerprint density at radius 1 is 0.867 bits per heavy atom. The Kier molecular flexibility index (Phi) is 6.09. The number of fused-ring (bicyclic) bond motifs is 1. The van der Waals surface area contributed by atoms with Gasteiger partial charge in [-0.05, 0) is 0 Å². The third-order valence-corrected chi connectivity index (χ3v) is 7.30. The van der Waals surface area contributed by atoms with Crippen molar-refractivity contribution in [2.24, 2.45) is 0 Å². The molecule has 4 rings (SSSR count). The van der Waals surface area contributed by atoms with Gasteiger partial charge in [-0.2, -0.15) is 0 Å². The van der Waals surface area contributed by atoms with Gasteiger partial charge in [0, 0.05) is 0 Å². The summed E-state index contributed by atoms with van der Waals surface area (Å²) in [6.07, 6.45) is 0. The predicted molar refractivity (Wildman–Crippen MR) is 121 cm³/mol. The molecule has 0 saturated heterocycles. The van der Waals surface area contributed by atoms with Crippen LogP contribution in [0.25, 0.3) is 15.3 Å². The van der Waals surface area contributed by atoms with Gasteiger partial charge >= 0.3 is 182 Å². The Hall–Kier alpha value is -2.79. The Bertz CT molecular complexity index is 1200. The molecule has 4 aromatic rings. The van der Waals surface area contributed by atoms with E-state index >= 15 is 0 Å². The molecule has 0 aliphatic heterocycles. The van der Waals surface area contributed by atoms with E-state index in [9.17, 15) is 4.79 Å². The number of rotatable bonds is 7. The molecule has 154 valence electrons. The van der Waals surface area contributed by atoms with E-state index in [0.717, 1.165) is 23.0 Å². The summed E-state index contributed by atoms with van der Waals surface area (Å²) in [5.74, 6) is 1.24. The van der Waals surface area contributed by atoms with E-state index in [2.05, 4.69) is 48.3 Å². The van der Waals surface area contributed by atoms with Gasteiger partial charge in [0.25, 0.3) is 0 Å². The topological polar surface area (TPSA) is 43.7 Å². The van der Waals surface area contributed by atoms with Crippen LogP contribution in [0.4, 0.5) is 0 Å². The Balaban J connectivity index is 1.56. The number of nitrogens with zero attached hydrogens (tertiary/aromatic N) is 2. The van der Waals surface area contributed by atoms with Crippen LogP contribution in [0.1, 0.15) is 11.1 Å². The molecular weight excluding hydrogens is 443 g/mol. The molecule has 0 aliphatic rings. The van der Waals surface area contributed by atoms with Gasteiger partial charge in [-0.15, -0.1) is 0 Å². The number of aromatic nitrogens is 1. The van der Waals surface area contributed by atoms with Crippen molar-refractivity contribution < 1.29 is 9.47 Å². The molecule has 0 bridgehead atoms. The van der Waals surface area contributed by atoms with Crippen molar-refractivity contribution in [3.8, 4) is 17.2 Å². The molecule has 30 heavy (non-hydrogen) atoms. The summed E-state index contributed by atoms with van der Waals surface area (Å²) in [5.41, 5.74) is 3.45. The van der Waals surface area contributed by atoms with Gasteiger partial charge in [-0.3, -0.25) is 0 Å². The van der Waals surface area contributed by atoms with E-state index in [1.54, 1.807) is 20.3 Å².